The van der Waals surface area contributed by atoms with Crippen LogP contribution in [0.4, 0.5) is 11.5 Å². The van der Waals surface area contributed by atoms with Gasteiger partial charge in [0.2, 0.25) is 5.82 Å². The number of hydrogen-bond acceptors (Lipinski definition) is 5. The summed E-state index contributed by atoms with van der Waals surface area (Å²) >= 11 is 0. The van der Waals surface area contributed by atoms with Gasteiger partial charge in [-0.2, -0.15) is 0 Å². The average Bonchev–Trinajstić information content (AvgIpc) is 2.81. The van der Waals surface area contributed by atoms with E-state index < -0.39 is 10.9 Å². The molecule has 0 fully saturated rings. The largest absolute Gasteiger partial charge is 0.478 e. The summed E-state index contributed by atoms with van der Waals surface area (Å²) in [6.07, 6.45) is 6.63. The van der Waals surface area contributed by atoms with E-state index in [-0.39, 0.29) is 23.1 Å². The SMILES string of the molecule is O=C(O)c1cnc(NC2CC=CC2)c([N+](=O)[O-])c1. The van der Waals surface area contributed by atoms with Crippen LogP contribution in [0.25, 0.3) is 0 Å². The van der Waals surface area contributed by atoms with Gasteiger partial charge in [0.15, 0.2) is 0 Å². The molecule has 0 bridgehead atoms. The van der Waals surface area contributed by atoms with Crippen LogP contribution in [0.1, 0.15) is 23.2 Å². The second kappa shape index (κ2) is 4.82. The summed E-state index contributed by atoms with van der Waals surface area (Å²) < 4.78 is 0. The number of nitro groups is 1. The highest BCUT2D eigenvalue weighted by Gasteiger charge is 2.21. The summed E-state index contributed by atoms with van der Waals surface area (Å²) in [5, 5.41) is 22.6. The molecule has 7 nitrogen and oxygen atoms in total. The standard InChI is InChI=1S/C11H11N3O4/c15-11(16)7-5-9(14(17)18)10(12-6-7)13-8-3-1-2-4-8/h1-2,5-6,8H,3-4H2,(H,12,13)(H,15,16). The molecule has 1 aromatic rings. The van der Waals surface area contributed by atoms with Crippen LogP contribution >= 0.6 is 0 Å². The van der Waals surface area contributed by atoms with E-state index in [1.165, 1.54) is 0 Å². The number of aromatic carboxylic acids is 1. The molecule has 0 spiro atoms. The van der Waals surface area contributed by atoms with Gasteiger partial charge in [-0.05, 0) is 12.8 Å². The molecule has 94 valence electrons. The zero-order valence-electron chi connectivity index (χ0n) is 9.37. The molecule has 0 amide bonds. The van der Waals surface area contributed by atoms with E-state index in [4.69, 9.17) is 5.11 Å². The first kappa shape index (κ1) is 12.0. The lowest BCUT2D eigenvalue weighted by Crippen LogP contribution is -2.17. The summed E-state index contributed by atoms with van der Waals surface area (Å²) in [5.74, 6) is -1.13. The van der Waals surface area contributed by atoms with Gasteiger partial charge in [0.05, 0.1) is 10.5 Å². The van der Waals surface area contributed by atoms with E-state index in [9.17, 15) is 14.9 Å². The summed E-state index contributed by atoms with van der Waals surface area (Å²) in [6, 6.07) is 1.09. The summed E-state index contributed by atoms with van der Waals surface area (Å²) in [6.45, 7) is 0. The van der Waals surface area contributed by atoms with Crippen LogP contribution in [-0.4, -0.2) is 27.0 Å². The number of aromatic nitrogens is 1. The molecule has 2 rings (SSSR count). The zero-order valence-corrected chi connectivity index (χ0v) is 9.37. The molecule has 7 heteroatoms. The zero-order chi connectivity index (χ0) is 13.1. The molecule has 0 saturated heterocycles. The Kier molecular flexibility index (Phi) is 3.22. The van der Waals surface area contributed by atoms with Crippen LogP contribution in [-0.2, 0) is 0 Å². The lowest BCUT2D eigenvalue weighted by Gasteiger charge is -2.12. The van der Waals surface area contributed by atoms with Crippen molar-refractivity contribution in [2.24, 2.45) is 0 Å². The van der Waals surface area contributed by atoms with E-state index in [1.807, 2.05) is 12.2 Å². The number of nitrogens with zero attached hydrogens (tertiary/aromatic N) is 2. The molecule has 2 N–H and O–H groups in total. The van der Waals surface area contributed by atoms with E-state index >= 15 is 0 Å². The van der Waals surface area contributed by atoms with Gasteiger partial charge in [-0.1, -0.05) is 12.2 Å². The van der Waals surface area contributed by atoms with Gasteiger partial charge >= 0.3 is 11.7 Å². The molecule has 1 aliphatic rings. The fourth-order valence-corrected chi connectivity index (χ4v) is 1.75. The second-order valence-corrected chi connectivity index (χ2v) is 3.94. The maximum absolute atomic E-state index is 10.9. The number of carboxylic acid groups (broad SMARTS) is 1. The van der Waals surface area contributed by atoms with E-state index in [0.717, 1.165) is 25.1 Å². The van der Waals surface area contributed by atoms with E-state index in [1.54, 1.807) is 0 Å². The van der Waals surface area contributed by atoms with Crippen molar-refractivity contribution in [1.29, 1.82) is 0 Å². The molecule has 1 aromatic heterocycles. The number of anilines is 1. The average molecular weight is 249 g/mol. The first-order valence-corrected chi connectivity index (χ1v) is 5.37. The van der Waals surface area contributed by atoms with Crippen molar-refractivity contribution >= 4 is 17.5 Å². The van der Waals surface area contributed by atoms with Crippen molar-refractivity contribution in [3.8, 4) is 0 Å². The maximum atomic E-state index is 10.9. The number of nitrogens with one attached hydrogen (secondary N) is 1. The number of carboxylic acids is 1. The van der Waals surface area contributed by atoms with Crippen LogP contribution in [0, 0.1) is 10.1 Å². The van der Waals surface area contributed by atoms with E-state index in [2.05, 4.69) is 10.3 Å². The summed E-state index contributed by atoms with van der Waals surface area (Å²) in [7, 11) is 0. The third kappa shape index (κ3) is 2.45. The minimum absolute atomic E-state index is 0.0758. The van der Waals surface area contributed by atoms with Gasteiger partial charge in [-0.15, -0.1) is 0 Å². The predicted octanol–water partition coefficient (Wildman–Crippen LogP) is 1.82. The van der Waals surface area contributed by atoms with Gasteiger partial charge < -0.3 is 10.4 Å². The van der Waals surface area contributed by atoms with Gasteiger partial charge in [0.25, 0.3) is 0 Å². The Hall–Kier alpha value is -2.44. The van der Waals surface area contributed by atoms with Crippen molar-refractivity contribution in [1.82, 2.24) is 4.98 Å². The van der Waals surface area contributed by atoms with Crippen LogP contribution in [0.5, 0.6) is 0 Å². The molecule has 0 aromatic carbocycles. The van der Waals surface area contributed by atoms with Gasteiger partial charge in [-0.25, -0.2) is 9.78 Å². The quantitative estimate of drug-likeness (QED) is 0.479. The lowest BCUT2D eigenvalue weighted by molar-refractivity contribution is -0.384. The molecule has 0 aliphatic heterocycles. The monoisotopic (exact) mass is 249 g/mol. The number of carbonyl (C=O) groups is 1. The molecule has 18 heavy (non-hydrogen) atoms. The van der Waals surface area contributed by atoms with Gasteiger partial charge in [0.1, 0.15) is 0 Å². The smallest absolute Gasteiger partial charge is 0.337 e. The molecule has 1 aliphatic carbocycles. The van der Waals surface area contributed by atoms with Gasteiger partial charge in [-0.3, -0.25) is 10.1 Å². The summed E-state index contributed by atoms with van der Waals surface area (Å²) in [5.41, 5.74) is -0.515. The minimum atomic E-state index is -1.24. The highest BCUT2D eigenvalue weighted by Crippen LogP contribution is 2.25. The lowest BCUT2D eigenvalue weighted by atomic mass is 10.2. The minimum Gasteiger partial charge on any atom is -0.478 e. The molecule has 0 saturated carbocycles. The second-order valence-electron chi connectivity index (χ2n) is 3.94. The Morgan fingerprint density at radius 1 is 1.50 bits per heavy atom. The third-order valence-corrected chi connectivity index (χ3v) is 2.66. The van der Waals surface area contributed by atoms with E-state index in [0.29, 0.717) is 0 Å². The number of pyridine rings is 1. The van der Waals surface area contributed by atoms with Crippen molar-refractivity contribution in [3.05, 3.63) is 40.1 Å². The Balaban J connectivity index is 2.28. The highest BCUT2D eigenvalue weighted by atomic mass is 16.6. The molecule has 0 atom stereocenters. The fraction of sp³-hybridized carbons (Fsp3) is 0.273. The first-order chi connectivity index (χ1) is 8.58. The highest BCUT2D eigenvalue weighted by molar-refractivity contribution is 5.88. The number of hydrogen-bond donors (Lipinski definition) is 2. The Morgan fingerprint density at radius 2 is 2.17 bits per heavy atom. The van der Waals surface area contributed by atoms with Crippen LogP contribution in [0.2, 0.25) is 0 Å². The summed E-state index contributed by atoms with van der Waals surface area (Å²) in [4.78, 5) is 24.8. The molecule has 0 radical (unpaired) electrons. The molecular weight excluding hydrogens is 238 g/mol. The van der Waals surface area contributed by atoms with Gasteiger partial charge in [0, 0.05) is 18.3 Å². The first-order valence-electron chi connectivity index (χ1n) is 5.37. The fourth-order valence-electron chi connectivity index (χ4n) is 1.75. The van der Waals surface area contributed by atoms with Crippen molar-refractivity contribution in [2.75, 3.05) is 5.32 Å². The van der Waals surface area contributed by atoms with Crippen molar-refractivity contribution in [3.63, 3.8) is 0 Å². The van der Waals surface area contributed by atoms with Crippen LogP contribution < -0.4 is 5.32 Å². The van der Waals surface area contributed by atoms with Crippen LogP contribution in [0.15, 0.2) is 24.4 Å². The Labute approximate surface area is 102 Å². The normalized spacial score (nSPS) is 14.7. The molecule has 0 unspecified atom stereocenters. The Bertz CT molecular complexity index is 519. The van der Waals surface area contributed by atoms with Crippen molar-refractivity contribution < 1.29 is 14.8 Å². The molecule has 1 heterocycles. The molecular formula is C11H11N3O4. The Morgan fingerprint density at radius 3 is 2.72 bits per heavy atom. The number of rotatable bonds is 4. The van der Waals surface area contributed by atoms with Crippen LogP contribution in [0.3, 0.4) is 0 Å². The topological polar surface area (TPSA) is 105 Å². The predicted molar refractivity (Wildman–Crippen MR) is 63.6 cm³/mol. The third-order valence-electron chi connectivity index (χ3n) is 2.66. The van der Waals surface area contributed by atoms with Crippen molar-refractivity contribution in [2.45, 2.75) is 18.9 Å². The maximum Gasteiger partial charge on any atom is 0.337 e.